The van der Waals surface area contributed by atoms with E-state index in [4.69, 9.17) is 4.74 Å². The molecule has 0 aromatic heterocycles. The van der Waals surface area contributed by atoms with Crippen LogP contribution >= 0.6 is 0 Å². The van der Waals surface area contributed by atoms with Crippen molar-refractivity contribution in [2.75, 3.05) is 6.54 Å². The van der Waals surface area contributed by atoms with Crippen molar-refractivity contribution >= 4 is 5.97 Å². The summed E-state index contributed by atoms with van der Waals surface area (Å²) in [5, 5.41) is 3.07. The molecule has 0 aromatic rings. The summed E-state index contributed by atoms with van der Waals surface area (Å²) < 4.78 is 5.00. The standard InChI is InChI=1S/C8H15NO2/c1-3-4-7-5-9-8(7)11-6(2)10/h7-9H,3-5H2,1-2H3. The number of ether oxygens (including phenoxy) is 1. The summed E-state index contributed by atoms with van der Waals surface area (Å²) in [5.74, 6) is 0.354. The molecule has 1 N–H and O–H groups in total. The lowest BCUT2D eigenvalue weighted by Crippen LogP contribution is -2.54. The van der Waals surface area contributed by atoms with Crippen molar-refractivity contribution < 1.29 is 9.53 Å². The third-order valence-electron chi connectivity index (χ3n) is 1.96. The molecule has 3 nitrogen and oxygen atoms in total. The first-order valence-corrected chi connectivity index (χ1v) is 4.14. The fourth-order valence-electron chi connectivity index (χ4n) is 1.32. The Morgan fingerprint density at radius 3 is 2.82 bits per heavy atom. The molecule has 0 spiro atoms. The number of rotatable bonds is 3. The first-order chi connectivity index (χ1) is 5.24. The minimum atomic E-state index is -0.191. The quantitative estimate of drug-likeness (QED) is 0.618. The predicted molar refractivity (Wildman–Crippen MR) is 42.0 cm³/mol. The van der Waals surface area contributed by atoms with E-state index in [1.165, 1.54) is 6.92 Å². The van der Waals surface area contributed by atoms with Crippen molar-refractivity contribution in [1.82, 2.24) is 5.32 Å². The van der Waals surface area contributed by atoms with Gasteiger partial charge in [-0.3, -0.25) is 10.1 Å². The van der Waals surface area contributed by atoms with E-state index in [9.17, 15) is 4.79 Å². The van der Waals surface area contributed by atoms with Gasteiger partial charge in [0, 0.05) is 19.4 Å². The lowest BCUT2D eigenvalue weighted by Gasteiger charge is -2.36. The highest BCUT2D eigenvalue weighted by Gasteiger charge is 2.31. The molecule has 64 valence electrons. The summed E-state index contributed by atoms with van der Waals surface area (Å²) in [7, 11) is 0. The molecule has 3 heteroatoms. The minimum Gasteiger partial charge on any atom is -0.446 e. The van der Waals surface area contributed by atoms with Crippen LogP contribution < -0.4 is 5.32 Å². The summed E-state index contributed by atoms with van der Waals surface area (Å²) in [4.78, 5) is 10.5. The van der Waals surface area contributed by atoms with E-state index < -0.39 is 0 Å². The van der Waals surface area contributed by atoms with E-state index in [0.29, 0.717) is 5.92 Å². The minimum absolute atomic E-state index is 0.00699. The van der Waals surface area contributed by atoms with Crippen LogP contribution in [0.25, 0.3) is 0 Å². The van der Waals surface area contributed by atoms with Crippen LogP contribution in [0.3, 0.4) is 0 Å². The average Bonchev–Trinajstić information content (AvgIpc) is 1.93. The summed E-state index contributed by atoms with van der Waals surface area (Å²) in [6, 6.07) is 0. The summed E-state index contributed by atoms with van der Waals surface area (Å²) in [6.07, 6.45) is 2.29. The molecule has 1 rings (SSSR count). The second kappa shape index (κ2) is 3.72. The second-order valence-electron chi connectivity index (χ2n) is 2.99. The van der Waals surface area contributed by atoms with Gasteiger partial charge < -0.3 is 4.74 Å². The summed E-state index contributed by atoms with van der Waals surface area (Å²) >= 11 is 0. The summed E-state index contributed by atoms with van der Waals surface area (Å²) in [5.41, 5.74) is 0. The Bertz CT molecular complexity index is 147. The number of nitrogens with one attached hydrogen (secondary N) is 1. The molecule has 0 amide bonds. The van der Waals surface area contributed by atoms with Crippen molar-refractivity contribution in [1.29, 1.82) is 0 Å². The topological polar surface area (TPSA) is 38.3 Å². The fraction of sp³-hybridized carbons (Fsp3) is 0.875. The Labute approximate surface area is 67.1 Å². The smallest absolute Gasteiger partial charge is 0.304 e. The maximum atomic E-state index is 10.5. The number of carbonyl (C=O) groups is 1. The number of hydrogen-bond acceptors (Lipinski definition) is 3. The van der Waals surface area contributed by atoms with E-state index >= 15 is 0 Å². The monoisotopic (exact) mass is 157 g/mol. The number of carbonyl (C=O) groups excluding carboxylic acids is 1. The largest absolute Gasteiger partial charge is 0.446 e. The molecule has 11 heavy (non-hydrogen) atoms. The van der Waals surface area contributed by atoms with Crippen molar-refractivity contribution in [2.45, 2.75) is 32.9 Å². The van der Waals surface area contributed by atoms with E-state index in [1.54, 1.807) is 0 Å². The van der Waals surface area contributed by atoms with Crippen LogP contribution in [0.2, 0.25) is 0 Å². The van der Waals surface area contributed by atoms with Gasteiger partial charge in [-0.15, -0.1) is 0 Å². The predicted octanol–water partition coefficient (Wildman–Crippen LogP) is 0.895. The highest BCUT2D eigenvalue weighted by molar-refractivity contribution is 5.66. The SMILES string of the molecule is CCCC1CNC1OC(C)=O. The molecule has 2 unspecified atom stereocenters. The van der Waals surface area contributed by atoms with Crippen molar-refractivity contribution in [3.63, 3.8) is 0 Å². The van der Waals surface area contributed by atoms with Gasteiger partial charge in [0.2, 0.25) is 0 Å². The number of hydrogen-bond donors (Lipinski definition) is 1. The highest BCUT2D eigenvalue weighted by Crippen LogP contribution is 2.19. The molecule has 1 aliphatic heterocycles. The normalized spacial score (nSPS) is 29.3. The van der Waals surface area contributed by atoms with Crippen molar-refractivity contribution in [2.24, 2.45) is 5.92 Å². The van der Waals surface area contributed by atoms with Gasteiger partial charge in [0.25, 0.3) is 0 Å². The summed E-state index contributed by atoms with van der Waals surface area (Å²) in [6.45, 7) is 4.58. The van der Waals surface area contributed by atoms with Crippen LogP contribution in [0, 0.1) is 5.92 Å². The van der Waals surface area contributed by atoms with Gasteiger partial charge in [0.1, 0.15) is 0 Å². The van der Waals surface area contributed by atoms with Gasteiger partial charge in [0.05, 0.1) is 0 Å². The Morgan fingerprint density at radius 1 is 1.73 bits per heavy atom. The molecular weight excluding hydrogens is 142 g/mol. The van der Waals surface area contributed by atoms with Crippen LogP contribution in [-0.4, -0.2) is 18.7 Å². The molecule has 0 aromatic carbocycles. The van der Waals surface area contributed by atoms with E-state index in [0.717, 1.165) is 19.4 Å². The molecule has 0 radical (unpaired) electrons. The molecular formula is C8H15NO2. The molecule has 0 aliphatic carbocycles. The molecule has 1 heterocycles. The van der Waals surface area contributed by atoms with Gasteiger partial charge in [0.15, 0.2) is 6.23 Å². The molecule has 1 saturated heterocycles. The Morgan fingerprint density at radius 2 is 2.45 bits per heavy atom. The van der Waals surface area contributed by atoms with E-state index in [1.807, 2.05) is 0 Å². The third-order valence-corrected chi connectivity index (χ3v) is 1.96. The van der Waals surface area contributed by atoms with Crippen LogP contribution in [0.1, 0.15) is 26.7 Å². The van der Waals surface area contributed by atoms with Crippen molar-refractivity contribution in [3.8, 4) is 0 Å². The Hall–Kier alpha value is -0.570. The zero-order valence-electron chi connectivity index (χ0n) is 7.09. The lowest BCUT2D eigenvalue weighted by atomic mass is 9.95. The lowest BCUT2D eigenvalue weighted by molar-refractivity contribution is -0.157. The van der Waals surface area contributed by atoms with Crippen LogP contribution in [-0.2, 0) is 9.53 Å². The van der Waals surface area contributed by atoms with E-state index in [-0.39, 0.29) is 12.2 Å². The van der Waals surface area contributed by atoms with Crippen LogP contribution in [0.4, 0.5) is 0 Å². The highest BCUT2D eigenvalue weighted by atomic mass is 16.6. The van der Waals surface area contributed by atoms with Gasteiger partial charge in [-0.05, 0) is 6.42 Å². The van der Waals surface area contributed by atoms with Gasteiger partial charge >= 0.3 is 5.97 Å². The first kappa shape index (κ1) is 8.53. The van der Waals surface area contributed by atoms with Crippen LogP contribution in [0.15, 0.2) is 0 Å². The van der Waals surface area contributed by atoms with Crippen molar-refractivity contribution in [3.05, 3.63) is 0 Å². The van der Waals surface area contributed by atoms with Gasteiger partial charge in [-0.25, -0.2) is 0 Å². The van der Waals surface area contributed by atoms with Crippen LogP contribution in [0.5, 0.6) is 0 Å². The number of esters is 1. The maximum absolute atomic E-state index is 10.5. The Kier molecular flexibility index (Phi) is 2.88. The van der Waals surface area contributed by atoms with Gasteiger partial charge in [-0.2, -0.15) is 0 Å². The zero-order valence-corrected chi connectivity index (χ0v) is 7.09. The molecule has 1 aliphatic rings. The van der Waals surface area contributed by atoms with Gasteiger partial charge in [-0.1, -0.05) is 13.3 Å². The molecule has 2 atom stereocenters. The molecule has 1 fully saturated rings. The Balaban J connectivity index is 2.20. The zero-order chi connectivity index (χ0) is 8.27. The maximum Gasteiger partial charge on any atom is 0.304 e. The molecule has 0 bridgehead atoms. The second-order valence-corrected chi connectivity index (χ2v) is 2.99. The molecule has 0 saturated carbocycles. The average molecular weight is 157 g/mol. The first-order valence-electron chi connectivity index (χ1n) is 4.14. The fourth-order valence-corrected chi connectivity index (χ4v) is 1.32. The third kappa shape index (κ3) is 2.19. The van der Waals surface area contributed by atoms with E-state index in [2.05, 4.69) is 12.2 Å².